The molecule has 1 rings (SSSR count). The van der Waals surface area contributed by atoms with Gasteiger partial charge in [0.1, 0.15) is 12.0 Å². The van der Waals surface area contributed by atoms with Crippen molar-refractivity contribution in [1.82, 2.24) is 0 Å². The fraction of sp³-hybridized carbons (Fsp3) is 0.333. The van der Waals surface area contributed by atoms with Crippen molar-refractivity contribution in [3.63, 3.8) is 0 Å². The number of hydrogen-bond donors (Lipinski definition) is 0. The van der Waals surface area contributed by atoms with Crippen LogP contribution in [0.5, 0.6) is 5.75 Å². The van der Waals surface area contributed by atoms with Gasteiger partial charge in [-0.05, 0) is 19.1 Å². The summed E-state index contributed by atoms with van der Waals surface area (Å²) in [7, 11) is 0. The monoisotopic (exact) mass is 206 g/mol. The van der Waals surface area contributed by atoms with E-state index < -0.39 is 0 Å². The standard InChI is InChI=1S/C12H14O3/c1-2-15-11-6-3-5-10(9-11)12(14)7-4-8-13/h3,5-6,8-9H,2,4,7H2,1H3. The van der Waals surface area contributed by atoms with Crippen molar-refractivity contribution in [2.24, 2.45) is 0 Å². The predicted molar refractivity (Wildman–Crippen MR) is 57.2 cm³/mol. The normalized spacial score (nSPS) is 9.67. The Kier molecular flexibility index (Phi) is 4.54. The van der Waals surface area contributed by atoms with Crippen LogP contribution < -0.4 is 4.74 Å². The average Bonchev–Trinajstić information content (AvgIpc) is 2.27. The highest BCUT2D eigenvalue weighted by molar-refractivity contribution is 5.97. The Bertz CT molecular complexity index is 344. The molecule has 0 fully saturated rings. The maximum Gasteiger partial charge on any atom is 0.163 e. The van der Waals surface area contributed by atoms with Crippen molar-refractivity contribution in [2.45, 2.75) is 19.8 Å². The molecule has 0 aliphatic heterocycles. The van der Waals surface area contributed by atoms with E-state index >= 15 is 0 Å². The Hall–Kier alpha value is -1.64. The molecule has 0 saturated heterocycles. The highest BCUT2D eigenvalue weighted by atomic mass is 16.5. The van der Waals surface area contributed by atoms with Crippen LogP contribution in [0.3, 0.4) is 0 Å². The smallest absolute Gasteiger partial charge is 0.163 e. The third-order valence-corrected chi connectivity index (χ3v) is 1.96. The molecule has 3 nitrogen and oxygen atoms in total. The number of aldehydes is 1. The second kappa shape index (κ2) is 5.96. The van der Waals surface area contributed by atoms with Gasteiger partial charge in [-0.3, -0.25) is 4.79 Å². The van der Waals surface area contributed by atoms with E-state index in [1.165, 1.54) is 0 Å². The first-order valence-electron chi connectivity index (χ1n) is 4.97. The highest BCUT2D eigenvalue weighted by Gasteiger charge is 2.05. The summed E-state index contributed by atoms with van der Waals surface area (Å²) < 4.78 is 5.28. The first-order chi connectivity index (χ1) is 7.27. The zero-order chi connectivity index (χ0) is 11.1. The lowest BCUT2D eigenvalue weighted by Gasteiger charge is -2.04. The molecule has 0 bridgehead atoms. The van der Waals surface area contributed by atoms with Crippen LogP contribution in [-0.2, 0) is 4.79 Å². The number of ketones is 1. The van der Waals surface area contributed by atoms with Crippen LogP contribution in [0.4, 0.5) is 0 Å². The molecule has 0 aromatic heterocycles. The van der Waals surface area contributed by atoms with Crippen molar-refractivity contribution in [2.75, 3.05) is 6.61 Å². The van der Waals surface area contributed by atoms with Crippen molar-refractivity contribution in [3.8, 4) is 5.75 Å². The lowest BCUT2D eigenvalue weighted by atomic mass is 10.1. The van der Waals surface area contributed by atoms with Crippen LogP contribution in [0.2, 0.25) is 0 Å². The SMILES string of the molecule is CCOc1cccc(C(=O)CCC=O)c1. The van der Waals surface area contributed by atoms with Gasteiger partial charge in [0.05, 0.1) is 6.61 Å². The maximum atomic E-state index is 11.5. The molecule has 0 spiro atoms. The van der Waals surface area contributed by atoms with Gasteiger partial charge < -0.3 is 9.53 Å². The van der Waals surface area contributed by atoms with Gasteiger partial charge >= 0.3 is 0 Å². The molecule has 3 heteroatoms. The summed E-state index contributed by atoms with van der Waals surface area (Å²) in [5.41, 5.74) is 0.600. The fourth-order valence-corrected chi connectivity index (χ4v) is 1.26. The molecule has 15 heavy (non-hydrogen) atoms. The molecule has 0 aliphatic carbocycles. The molecule has 0 atom stereocenters. The summed E-state index contributed by atoms with van der Waals surface area (Å²) in [4.78, 5) is 21.7. The van der Waals surface area contributed by atoms with E-state index in [1.807, 2.05) is 6.92 Å². The average molecular weight is 206 g/mol. The minimum Gasteiger partial charge on any atom is -0.494 e. The fourth-order valence-electron chi connectivity index (χ4n) is 1.26. The van der Waals surface area contributed by atoms with E-state index in [0.29, 0.717) is 17.9 Å². The summed E-state index contributed by atoms with van der Waals surface area (Å²) in [5.74, 6) is 0.665. The van der Waals surface area contributed by atoms with Gasteiger partial charge in [0.25, 0.3) is 0 Å². The summed E-state index contributed by atoms with van der Waals surface area (Å²) >= 11 is 0. The predicted octanol–water partition coefficient (Wildman–Crippen LogP) is 2.25. The second-order valence-corrected chi connectivity index (χ2v) is 3.09. The van der Waals surface area contributed by atoms with Gasteiger partial charge in [-0.15, -0.1) is 0 Å². The number of rotatable bonds is 6. The lowest BCUT2D eigenvalue weighted by molar-refractivity contribution is -0.107. The first kappa shape index (κ1) is 11.4. The summed E-state index contributed by atoms with van der Waals surface area (Å²) in [6.45, 7) is 2.47. The molecule has 0 unspecified atom stereocenters. The van der Waals surface area contributed by atoms with Crippen LogP contribution in [0.1, 0.15) is 30.1 Å². The first-order valence-corrected chi connectivity index (χ1v) is 4.97. The summed E-state index contributed by atoms with van der Waals surface area (Å²) in [6, 6.07) is 7.02. The van der Waals surface area contributed by atoms with Gasteiger partial charge in [0.15, 0.2) is 5.78 Å². The maximum absolute atomic E-state index is 11.5. The zero-order valence-corrected chi connectivity index (χ0v) is 8.73. The number of carbonyl (C=O) groups excluding carboxylic acids is 2. The molecule has 0 radical (unpaired) electrons. The van der Waals surface area contributed by atoms with Crippen LogP contribution in [0.25, 0.3) is 0 Å². The number of ether oxygens (including phenoxy) is 1. The minimum atomic E-state index is -0.0244. The third kappa shape index (κ3) is 3.54. The number of hydrogen-bond acceptors (Lipinski definition) is 3. The molecule has 0 aliphatic rings. The second-order valence-electron chi connectivity index (χ2n) is 3.09. The number of Topliss-reactive ketones (excluding diaryl/α,β-unsaturated/α-hetero) is 1. The van der Waals surface area contributed by atoms with Gasteiger partial charge in [-0.2, -0.15) is 0 Å². The third-order valence-electron chi connectivity index (χ3n) is 1.96. The molecule has 0 amide bonds. The molecular formula is C12H14O3. The Morgan fingerprint density at radius 1 is 1.47 bits per heavy atom. The van der Waals surface area contributed by atoms with Crippen LogP contribution in [-0.4, -0.2) is 18.7 Å². The molecule has 1 aromatic rings. The van der Waals surface area contributed by atoms with E-state index in [9.17, 15) is 9.59 Å². The minimum absolute atomic E-state index is 0.0244. The molecule has 0 saturated carbocycles. The molecular weight excluding hydrogens is 192 g/mol. The van der Waals surface area contributed by atoms with Crippen LogP contribution in [0.15, 0.2) is 24.3 Å². The van der Waals surface area contributed by atoms with Gasteiger partial charge in [-0.25, -0.2) is 0 Å². The summed E-state index contributed by atoms with van der Waals surface area (Å²) in [6.07, 6.45) is 1.29. The van der Waals surface area contributed by atoms with E-state index in [-0.39, 0.29) is 18.6 Å². The number of benzene rings is 1. The van der Waals surface area contributed by atoms with Crippen LogP contribution in [0, 0.1) is 0 Å². The van der Waals surface area contributed by atoms with Crippen molar-refractivity contribution in [1.29, 1.82) is 0 Å². The Morgan fingerprint density at radius 2 is 2.27 bits per heavy atom. The lowest BCUT2D eigenvalue weighted by Crippen LogP contribution is -2.00. The van der Waals surface area contributed by atoms with Gasteiger partial charge in [0, 0.05) is 18.4 Å². The van der Waals surface area contributed by atoms with E-state index in [0.717, 1.165) is 6.29 Å². The number of carbonyl (C=O) groups is 2. The van der Waals surface area contributed by atoms with Gasteiger partial charge in [0.2, 0.25) is 0 Å². The molecule has 1 aromatic carbocycles. The highest BCUT2D eigenvalue weighted by Crippen LogP contribution is 2.14. The van der Waals surface area contributed by atoms with Crippen LogP contribution >= 0.6 is 0 Å². The molecule has 0 heterocycles. The van der Waals surface area contributed by atoms with Crippen molar-refractivity contribution < 1.29 is 14.3 Å². The quantitative estimate of drug-likeness (QED) is 0.529. The van der Waals surface area contributed by atoms with Crippen molar-refractivity contribution in [3.05, 3.63) is 29.8 Å². The van der Waals surface area contributed by atoms with E-state index in [4.69, 9.17) is 4.74 Å². The Balaban J connectivity index is 2.71. The summed E-state index contributed by atoms with van der Waals surface area (Å²) in [5, 5.41) is 0. The topological polar surface area (TPSA) is 43.4 Å². The largest absolute Gasteiger partial charge is 0.494 e. The Morgan fingerprint density at radius 3 is 2.93 bits per heavy atom. The van der Waals surface area contributed by atoms with Crippen molar-refractivity contribution >= 4 is 12.1 Å². The van der Waals surface area contributed by atoms with Gasteiger partial charge in [-0.1, -0.05) is 12.1 Å². The Labute approximate surface area is 89.1 Å². The molecule has 80 valence electrons. The van der Waals surface area contributed by atoms with E-state index in [1.54, 1.807) is 24.3 Å². The zero-order valence-electron chi connectivity index (χ0n) is 8.73. The molecule has 0 N–H and O–H groups in total. The van der Waals surface area contributed by atoms with E-state index in [2.05, 4.69) is 0 Å².